The van der Waals surface area contributed by atoms with E-state index in [0.29, 0.717) is 0 Å². The van der Waals surface area contributed by atoms with E-state index >= 15 is 0 Å². The zero-order valence-electron chi connectivity index (χ0n) is 12.0. The molecule has 0 saturated carbocycles. The summed E-state index contributed by atoms with van der Waals surface area (Å²) in [6, 6.07) is 4.23. The second-order valence-electron chi connectivity index (χ2n) is 5.23. The molecule has 0 fully saturated rings. The van der Waals surface area contributed by atoms with Crippen molar-refractivity contribution in [3.05, 3.63) is 20.8 Å². The first-order valence-corrected chi connectivity index (χ1v) is 9.68. The Labute approximate surface area is 136 Å². The van der Waals surface area contributed by atoms with Crippen molar-refractivity contribution in [3.8, 4) is 0 Å². The van der Waals surface area contributed by atoms with E-state index in [2.05, 4.69) is 35.0 Å². The van der Waals surface area contributed by atoms with Crippen molar-refractivity contribution in [2.75, 3.05) is 0 Å². The van der Waals surface area contributed by atoms with E-state index in [9.17, 15) is 0 Å². The summed E-state index contributed by atoms with van der Waals surface area (Å²) < 4.78 is 1.18. The van der Waals surface area contributed by atoms with E-state index in [0.717, 1.165) is 6.42 Å². The summed E-state index contributed by atoms with van der Waals surface area (Å²) >= 11 is 11.7. The minimum atomic E-state index is 0.209. The molecule has 0 aromatic carbocycles. The van der Waals surface area contributed by atoms with Crippen LogP contribution in [0.5, 0.6) is 0 Å². The maximum Gasteiger partial charge on any atom is 0.0701 e. The summed E-state index contributed by atoms with van der Waals surface area (Å²) in [5.74, 6) is 0. The van der Waals surface area contributed by atoms with Crippen LogP contribution in [0.3, 0.4) is 0 Å². The molecule has 1 unspecified atom stereocenters. The smallest absolute Gasteiger partial charge is 0.0701 e. The van der Waals surface area contributed by atoms with E-state index in [4.69, 9.17) is 11.6 Å². The van der Waals surface area contributed by atoms with Gasteiger partial charge in [-0.2, -0.15) is 0 Å². The fraction of sp³-hybridized carbons (Fsp3) is 0.750. The first kappa shape index (κ1) is 17.5. The van der Waals surface area contributed by atoms with Crippen molar-refractivity contribution < 1.29 is 0 Å². The third-order valence-electron chi connectivity index (χ3n) is 3.46. The molecule has 0 radical (unpaired) electrons. The fourth-order valence-corrected chi connectivity index (χ4v) is 4.07. The van der Waals surface area contributed by atoms with Crippen molar-refractivity contribution in [2.24, 2.45) is 0 Å². The van der Waals surface area contributed by atoms with Gasteiger partial charge in [0.1, 0.15) is 0 Å². The Balaban J connectivity index is 1.93. The highest BCUT2D eigenvalue weighted by Crippen LogP contribution is 2.34. The lowest BCUT2D eigenvalue weighted by Crippen LogP contribution is -1.87. The van der Waals surface area contributed by atoms with Crippen LogP contribution >= 0.6 is 38.9 Å². The molecule has 19 heavy (non-hydrogen) atoms. The largest absolute Gasteiger partial charge is 0.132 e. The van der Waals surface area contributed by atoms with Crippen LogP contribution in [-0.4, -0.2) is 0 Å². The molecule has 1 aromatic rings. The molecule has 0 saturated heterocycles. The van der Waals surface area contributed by atoms with E-state index in [1.165, 1.54) is 66.5 Å². The van der Waals surface area contributed by atoms with Gasteiger partial charge in [0.15, 0.2) is 0 Å². The quantitative estimate of drug-likeness (QED) is 0.278. The van der Waals surface area contributed by atoms with E-state index in [-0.39, 0.29) is 5.38 Å². The highest BCUT2D eigenvalue weighted by Gasteiger charge is 2.09. The second-order valence-corrected chi connectivity index (χ2v) is 8.25. The van der Waals surface area contributed by atoms with E-state index in [1.807, 2.05) is 0 Å². The Kier molecular flexibility index (Phi) is 10.3. The molecule has 0 nitrogen and oxygen atoms in total. The average molecular weight is 366 g/mol. The molecule has 0 N–H and O–H groups in total. The highest BCUT2D eigenvalue weighted by molar-refractivity contribution is 9.11. The maximum atomic E-state index is 6.41. The average Bonchev–Trinajstić information content (AvgIpc) is 2.83. The molecule has 1 rings (SSSR count). The highest BCUT2D eigenvalue weighted by atomic mass is 79.9. The minimum Gasteiger partial charge on any atom is -0.132 e. The van der Waals surface area contributed by atoms with Gasteiger partial charge in [-0.1, -0.05) is 64.7 Å². The van der Waals surface area contributed by atoms with Crippen molar-refractivity contribution in [1.82, 2.24) is 0 Å². The summed E-state index contributed by atoms with van der Waals surface area (Å²) in [5, 5.41) is 0.209. The van der Waals surface area contributed by atoms with E-state index < -0.39 is 0 Å². The van der Waals surface area contributed by atoms with Crippen molar-refractivity contribution >= 4 is 38.9 Å². The molecular weight excluding hydrogens is 340 g/mol. The van der Waals surface area contributed by atoms with Crippen molar-refractivity contribution in [2.45, 2.75) is 76.5 Å². The van der Waals surface area contributed by atoms with Gasteiger partial charge < -0.3 is 0 Å². The van der Waals surface area contributed by atoms with Crippen LogP contribution in [0.4, 0.5) is 0 Å². The molecule has 0 aliphatic carbocycles. The maximum absolute atomic E-state index is 6.41. The van der Waals surface area contributed by atoms with Gasteiger partial charge in [0.25, 0.3) is 0 Å². The zero-order valence-corrected chi connectivity index (χ0v) is 15.1. The Morgan fingerprint density at radius 1 is 1.00 bits per heavy atom. The monoisotopic (exact) mass is 364 g/mol. The van der Waals surface area contributed by atoms with Crippen LogP contribution in [0.1, 0.15) is 81.4 Å². The van der Waals surface area contributed by atoms with Gasteiger partial charge in [0.05, 0.1) is 9.16 Å². The Morgan fingerprint density at radius 3 is 2.11 bits per heavy atom. The molecule has 3 heteroatoms. The van der Waals surface area contributed by atoms with Crippen LogP contribution < -0.4 is 0 Å². The lowest BCUT2D eigenvalue weighted by atomic mass is 10.1. The summed E-state index contributed by atoms with van der Waals surface area (Å²) in [6.07, 6.45) is 13.5. The molecular formula is C16H26BrClS. The Hall–Kier alpha value is 0.470. The standard InChI is InChI=1S/C16H26BrClS/c1-2-3-4-5-6-7-8-9-10-11-14(18)15-12-13-16(17)19-15/h12-14H,2-11H2,1H3. The van der Waals surface area contributed by atoms with Gasteiger partial charge in [-0.25, -0.2) is 0 Å². The molecule has 0 spiro atoms. The van der Waals surface area contributed by atoms with Crippen LogP contribution in [0.15, 0.2) is 15.9 Å². The molecule has 0 bridgehead atoms. The van der Waals surface area contributed by atoms with Gasteiger partial charge in [-0.15, -0.1) is 22.9 Å². The van der Waals surface area contributed by atoms with Gasteiger partial charge >= 0.3 is 0 Å². The van der Waals surface area contributed by atoms with Crippen LogP contribution in [0.25, 0.3) is 0 Å². The van der Waals surface area contributed by atoms with Gasteiger partial charge in [-0.05, 0) is 34.5 Å². The van der Waals surface area contributed by atoms with Gasteiger partial charge in [0.2, 0.25) is 0 Å². The molecule has 110 valence electrons. The predicted molar refractivity (Wildman–Crippen MR) is 92.5 cm³/mol. The molecule has 1 atom stereocenters. The third-order valence-corrected chi connectivity index (χ3v) is 5.78. The van der Waals surface area contributed by atoms with Crippen molar-refractivity contribution in [1.29, 1.82) is 0 Å². The Bertz CT molecular complexity index is 324. The third kappa shape index (κ3) is 8.37. The SMILES string of the molecule is CCCCCCCCCCCC(Cl)c1ccc(Br)s1. The first-order valence-electron chi connectivity index (χ1n) is 7.63. The summed E-state index contributed by atoms with van der Waals surface area (Å²) in [7, 11) is 0. The number of hydrogen-bond acceptors (Lipinski definition) is 1. The van der Waals surface area contributed by atoms with Gasteiger partial charge in [0, 0.05) is 4.88 Å². The summed E-state index contributed by atoms with van der Waals surface area (Å²) in [5.41, 5.74) is 0. The normalized spacial score (nSPS) is 12.8. The Morgan fingerprint density at radius 2 is 1.58 bits per heavy atom. The minimum absolute atomic E-state index is 0.209. The van der Waals surface area contributed by atoms with Gasteiger partial charge in [-0.3, -0.25) is 0 Å². The number of rotatable bonds is 11. The molecule has 0 aliphatic heterocycles. The summed E-state index contributed by atoms with van der Waals surface area (Å²) in [6.45, 7) is 2.27. The zero-order chi connectivity index (χ0) is 13.9. The second kappa shape index (κ2) is 11.2. The van der Waals surface area contributed by atoms with Crippen LogP contribution in [-0.2, 0) is 0 Å². The topological polar surface area (TPSA) is 0 Å². The lowest BCUT2D eigenvalue weighted by Gasteiger charge is -2.07. The van der Waals surface area contributed by atoms with Crippen molar-refractivity contribution in [3.63, 3.8) is 0 Å². The molecule has 0 aliphatic rings. The first-order chi connectivity index (χ1) is 9.24. The number of hydrogen-bond donors (Lipinski definition) is 0. The van der Waals surface area contributed by atoms with E-state index in [1.54, 1.807) is 11.3 Å². The molecule has 0 amide bonds. The predicted octanol–water partition coefficient (Wildman–Crippen LogP) is 7.71. The number of halogens is 2. The number of thiophene rings is 1. The van der Waals surface area contributed by atoms with Crippen LogP contribution in [0.2, 0.25) is 0 Å². The van der Waals surface area contributed by atoms with Crippen LogP contribution in [0, 0.1) is 0 Å². The number of unbranched alkanes of at least 4 members (excludes halogenated alkanes) is 8. The summed E-state index contributed by atoms with van der Waals surface area (Å²) in [4.78, 5) is 1.30. The fourth-order valence-electron chi connectivity index (χ4n) is 2.27. The molecule has 1 aromatic heterocycles. The lowest BCUT2D eigenvalue weighted by molar-refractivity contribution is 0.555. The number of alkyl halides is 1. The molecule has 1 heterocycles.